The highest BCUT2D eigenvalue weighted by Gasteiger charge is 2.11. The van der Waals surface area contributed by atoms with E-state index in [2.05, 4.69) is 15.9 Å². The number of benzene rings is 2. The Labute approximate surface area is 114 Å². The van der Waals surface area contributed by atoms with Crippen molar-refractivity contribution < 1.29 is 9.50 Å². The zero-order chi connectivity index (χ0) is 13.1. The Morgan fingerprint density at radius 2 is 1.83 bits per heavy atom. The third kappa shape index (κ3) is 3.18. The molecule has 0 bridgehead atoms. The molecule has 2 aromatic carbocycles. The van der Waals surface area contributed by atoms with Crippen LogP contribution in [0, 0.1) is 12.7 Å². The fourth-order valence-electron chi connectivity index (χ4n) is 1.80. The van der Waals surface area contributed by atoms with Gasteiger partial charge in [-0.25, -0.2) is 4.39 Å². The van der Waals surface area contributed by atoms with Gasteiger partial charge in [-0.3, -0.25) is 0 Å². The maximum Gasteiger partial charge on any atom is 0.124 e. The Kier molecular flexibility index (Phi) is 4.15. The van der Waals surface area contributed by atoms with Gasteiger partial charge in [0.25, 0.3) is 0 Å². The highest BCUT2D eigenvalue weighted by Crippen LogP contribution is 2.24. The van der Waals surface area contributed by atoms with E-state index in [0.29, 0.717) is 10.9 Å². The summed E-state index contributed by atoms with van der Waals surface area (Å²) in [6.07, 6.45) is -0.114. The quantitative estimate of drug-likeness (QED) is 0.902. The van der Waals surface area contributed by atoms with Crippen LogP contribution < -0.4 is 0 Å². The summed E-state index contributed by atoms with van der Waals surface area (Å²) < 4.78 is 13.6. The van der Waals surface area contributed by atoms with Gasteiger partial charge in [-0.05, 0) is 30.2 Å². The van der Waals surface area contributed by atoms with Crippen molar-refractivity contribution >= 4 is 15.9 Å². The normalized spacial score (nSPS) is 12.4. The van der Waals surface area contributed by atoms with Crippen LogP contribution in [0.1, 0.15) is 22.8 Å². The molecule has 0 fully saturated rings. The summed E-state index contributed by atoms with van der Waals surface area (Å²) in [6, 6.07) is 12.3. The van der Waals surface area contributed by atoms with E-state index in [1.807, 2.05) is 31.2 Å². The van der Waals surface area contributed by atoms with Crippen LogP contribution in [-0.2, 0) is 6.42 Å². The molecule has 0 aliphatic carbocycles. The van der Waals surface area contributed by atoms with E-state index in [-0.39, 0.29) is 5.82 Å². The van der Waals surface area contributed by atoms with Crippen LogP contribution in [0.25, 0.3) is 0 Å². The molecule has 0 aliphatic heterocycles. The topological polar surface area (TPSA) is 20.2 Å². The summed E-state index contributed by atoms with van der Waals surface area (Å²) >= 11 is 3.31. The molecule has 0 aliphatic rings. The fourth-order valence-corrected chi connectivity index (χ4v) is 2.31. The Morgan fingerprint density at radius 3 is 2.44 bits per heavy atom. The number of aryl methyl sites for hydroxylation is 1. The average molecular weight is 309 g/mol. The van der Waals surface area contributed by atoms with Crippen LogP contribution in [0.2, 0.25) is 0 Å². The van der Waals surface area contributed by atoms with Crippen LogP contribution >= 0.6 is 15.9 Å². The lowest BCUT2D eigenvalue weighted by atomic mass is 10.0. The van der Waals surface area contributed by atoms with Gasteiger partial charge in [0.1, 0.15) is 5.82 Å². The van der Waals surface area contributed by atoms with E-state index in [9.17, 15) is 9.50 Å². The molecule has 3 heteroatoms. The van der Waals surface area contributed by atoms with Crippen LogP contribution in [-0.4, -0.2) is 5.11 Å². The first-order valence-electron chi connectivity index (χ1n) is 5.75. The lowest BCUT2D eigenvalue weighted by molar-refractivity contribution is 0.178. The smallest absolute Gasteiger partial charge is 0.124 e. The van der Waals surface area contributed by atoms with Crippen LogP contribution in [0.3, 0.4) is 0 Å². The van der Waals surface area contributed by atoms with Gasteiger partial charge in [0.2, 0.25) is 0 Å². The van der Waals surface area contributed by atoms with Gasteiger partial charge in [0.15, 0.2) is 0 Å². The standard InChI is InChI=1S/C15H14BrFO/c1-10-2-4-11(5-3-10)15(18)8-12-6-7-13(17)9-14(12)16/h2-7,9,15,18H,8H2,1H3. The van der Waals surface area contributed by atoms with Crippen molar-refractivity contribution in [1.82, 2.24) is 0 Å². The predicted molar refractivity (Wildman–Crippen MR) is 73.9 cm³/mol. The van der Waals surface area contributed by atoms with Crippen molar-refractivity contribution in [2.75, 3.05) is 0 Å². The molecule has 0 amide bonds. The Bertz CT molecular complexity index is 537. The zero-order valence-corrected chi connectivity index (χ0v) is 11.6. The van der Waals surface area contributed by atoms with E-state index in [1.54, 1.807) is 6.07 Å². The van der Waals surface area contributed by atoms with E-state index in [0.717, 1.165) is 16.7 Å². The van der Waals surface area contributed by atoms with Crippen LogP contribution in [0.5, 0.6) is 0 Å². The molecule has 0 saturated carbocycles. The van der Waals surface area contributed by atoms with Gasteiger partial charge >= 0.3 is 0 Å². The van der Waals surface area contributed by atoms with Crippen molar-refractivity contribution in [3.63, 3.8) is 0 Å². The molecule has 1 nitrogen and oxygen atoms in total. The Balaban J connectivity index is 2.15. The Morgan fingerprint density at radius 1 is 1.17 bits per heavy atom. The molecule has 18 heavy (non-hydrogen) atoms. The molecule has 0 heterocycles. The first kappa shape index (κ1) is 13.2. The van der Waals surface area contributed by atoms with Crippen molar-refractivity contribution in [3.8, 4) is 0 Å². The largest absolute Gasteiger partial charge is 0.388 e. The van der Waals surface area contributed by atoms with Crippen molar-refractivity contribution in [1.29, 1.82) is 0 Å². The molecule has 1 N–H and O–H groups in total. The fraction of sp³-hybridized carbons (Fsp3) is 0.200. The second kappa shape index (κ2) is 5.63. The molecule has 0 radical (unpaired) electrons. The van der Waals surface area contributed by atoms with Crippen LogP contribution in [0.4, 0.5) is 4.39 Å². The summed E-state index contributed by atoms with van der Waals surface area (Å²) in [4.78, 5) is 0. The number of hydrogen-bond acceptors (Lipinski definition) is 1. The first-order chi connectivity index (χ1) is 8.56. The maximum absolute atomic E-state index is 13.0. The minimum atomic E-state index is -0.577. The summed E-state index contributed by atoms with van der Waals surface area (Å²) in [5.41, 5.74) is 2.93. The zero-order valence-electron chi connectivity index (χ0n) is 10.0. The molecule has 1 atom stereocenters. The number of aliphatic hydroxyl groups is 1. The molecule has 0 saturated heterocycles. The number of hydrogen-bond donors (Lipinski definition) is 1. The Hall–Kier alpha value is -1.19. The van der Waals surface area contributed by atoms with Gasteiger partial charge in [0.05, 0.1) is 6.10 Å². The lowest BCUT2D eigenvalue weighted by Gasteiger charge is -2.12. The molecule has 94 valence electrons. The summed E-state index contributed by atoms with van der Waals surface area (Å²) in [5, 5.41) is 10.1. The van der Waals surface area contributed by atoms with Crippen molar-refractivity contribution in [2.45, 2.75) is 19.4 Å². The van der Waals surface area contributed by atoms with Crippen molar-refractivity contribution in [2.24, 2.45) is 0 Å². The second-order valence-electron chi connectivity index (χ2n) is 4.37. The van der Waals surface area contributed by atoms with Gasteiger partial charge in [-0.1, -0.05) is 51.8 Å². The number of rotatable bonds is 3. The van der Waals surface area contributed by atoms with E-state index < -0.39 is 6.10 Å². The minimum absolute atomic E-state index is 0.282. The minimum Gasteiger partial charge on any atom is -0.388 e. The summed E-state index contributed by atoms with van der Waals surface area (Å²) in [7, 11) is 0. The van der Waals surface area contributed by atoms with Crippen LogP contribution in [0.15, 0.2) is 46.9 Å². The van der Waals surface area contributed by atoms with E-state index in [4.69, 9.17) is 0 Å². The highest BCUT2D eigenvalue weighted by atomic mass is 79.9. The van der Waals surface area contributed by atoms with Gasteiger partial charge in [0, 0.05) is 10.9 Å². The summed E-state index contributed by atoms with van der Waals surface area (Å²) in [5.74, 6) is -0.282. The SMILES string of the molecule is Cc1ccc(C(O)Cc2ccc(F)cc2Br)cc1. The van der Waals surface area contributed by atoms with Crippen molar-refractivity contribution in [3.05, 3.63) is 69.4 Å². The van der Waals surface area contributed by atoms with Gasteiger partial charge in [-0.2, -0.15) is 0 Å². The van der Waals surface area contributed by atoms with Gasteiger partial charge in [-0.15, -0.1) is 0 Å². The molecule has 2 aromatic rings. The van der Waals surface area contributed by atoms with Gasteiger partial charge < -0.3 is 5.11 Å². The lowest BCUT2D eigenvalue weighted by Crippen LogP contribution is -2.02. The maximum atomic E-state index is 13.0. The molecule has 2 rings (SSSR count). The third-order valence-corrected chi connectivity index (χ3v) is 3.63. The monoisotopic (exact) mass is 308 g/mol. The second-order valence-corrected chi connectivity index (χ2v) is 5.22. The highest BCUT2D eigenvalue weighted by molar-refractivity contribution is 9.10. The van der Waals surface area contributed by atoms with E-state index >= 15 is 0 Å². The summed E-state index contributed by atoms with van der Waals surface area (Å²) in [6.45, 7) is 2.01. The number of aliphatic hydroxyl groups excluding tert-OH is 1. The molecular weight excluding hydrogens is 295 g/mol. The molecular formula is C15H14BrFO. The predicted octanol–water partition coefficient (Wildman–Crippen LogP) is 4.17. The third-order valence-electron chi connectivity index (χ3n) is 2.89. The molecule has 0 aromatic heterocycles. The van der Waals surface area contributed by atoms with E-state index in [1.165, 1.54) is 12.1 Å². The average Bonchev–Trinajstić information content (AvgIpc) is 2.33. The molecule has 1 unspecified atom stereocenters. The number of halogens is 2. The first-order valence-corrected chi connectivity index (χ1v) is 6.54. The molecule has 0 spiro atoms.